The molecule has 1 aromatic carbocycles. The average molecular weight is 627 g/mol. The number of aliphatic hydroxyl groups is 2. The molecule has 2 saturated heterocycles. The molecule has 1 amide bonds. The molecule has 2 aromatic rings. The van der Waals surface area contributed by atoms with Crippen molar-refractivity contribution in [3.8, 4) is 0 Å². The summed E-state index contributed by atoms with van der Waals surface area (Å²) in [6.45, 7) is 11.1. The van der Waals surface area contributed by atoms with Crippen LogP contribution in [0.25, 0.3) is 10.9 Å². The number of halogens is 1. The van der Waals surface area contributed by atoms with Gasteiger partial charge in [0.1, 0.15) is 0 Å². The summed E-state index contributed by atoms with van der Waals surface area (Å²) in [4.78, 5) is 25.2. The lowest BCUT2D eigenvalue weighted by Gasteiger charge is -2.56. The second-order valence-electron chi connectivity index (χ2n) is 14.1. The van der Waals surface area contributed by atoms with Crippen LogP contribution in [0.2, 0.25) is 5.02 Å². The lowest BCUT2D eigenvalue weighted by atomic mass is 9.49. The molecular weight excluding hydrogens is 576 g/mol. The normalized spacial score (nSPS) is 29.0. The first-order valence-corrected chi connectivity index (χ1v) is 17.3. The third-order valence-electron chi connectivity index (χ3n) is 10.7. The predicted molar refractivity (Wildman–Crippen MR) is 176 cm³/mol. The number of benzene rings is 1. The summed E-state index contributed by atoms with van der Waals surface area (Å²) in [7, 11) is 0. The Balaban J connectivity index is 0.000000329. The Morgan fingerprint density at radius 1 is 0.864 bits per heavy atom. The van der Waals surface area contributed by atoms with Gasteiger partial charge in [0.05, 0.1) is 35.1 Å². The van der Waals surface area contributed by atoms with Crippen molar-refractivity contribution in [3.05, 3.63) is 35.0 Å². The summed E-state index contributed by atoms with van der Waals surface area (Å²) in [6.07, 6.45) is 8.49. The summed E-state index contributed by atoms with van der Waals surface area (Å²) in [5.74, 6) is 2.63. The van der Waals surface area contributed by atoms with E-state index in [0.717, 1.165) is 106 Å². The Bertz CT molecular complexity index is 1230. The molecule has 4 N–H and O–H groups in total. The molecule has 3 heterocycles. The molecule has 242 valence electrons. The van der Waals surface area contributed by atoms with Crippen molar-refractivity contribution in [3.63, 3.8) is 0 Å². The van der Waals surface area contributed by atoms with Crippen molar-refractivity contribution >= 4 is 34.1 Å². The number of hydrogen-bond donors (Lipinski definition) is 4. The number of aliphatic hydroxyl groups excluding tert-OH is 2. The maximum absolute atomic E-state index is 13.3. The van der Waals surface area contributed by atoms with Gasteiger partial charge in [0.25, 0.3) is 0 Å². The van der Waals surface area contributed by atoms with Gasteiger partial charge in [-0.05, 0) is 86.0 Å². The summed E-state index contributed by atoms with van der Waals surface area (Å²) in [5.41, 5.74) is 2.82. The highest BCUT2D eigenvalue weighted by Gasteiger charge is 2.51. The van der Waals surface area contributed by atoms with Crippen LogP contribution in [-0.2, 0) is 11.3 Å². The van der Waals surface area contributed by atoms with E-state index in [-0.39, 0.29) is 17.9 Å². The first-order valence-electron chi connectivity index (χ1n) is 16.9. The van der Waals surface area contributed by atoms with Crippen LogP contribution in [0.3, 0.4) is 0 Å². The van der Waals surface area contributed by atoms with Crippen molar-refractivity contribution < 1.29 is 15.0 Å². The number of nitrogens with one attached hydrogen (secondary N) is 2. The summed E-state index contributed by atoms with van der Waals surface area (Å²) < 4.78 is 0. The molecule has 9 nitrogen and oxygen atoms in total. The number of carbonyl (C=O) groups excluding carboxylic acids is 1. The average Bonchev–Trinajstić information content (AvgIpc) is 3.00. The largest absolute Gasteiger partial charge is 0.395 e. The first kappa shape index (κ1) is 32.1. The summed E-state index contributed by atoms with van der Waals surface area (Å²) in [5, 5.41) is 25.6. The van der Waals surface area contributed by atoms with Crippen molar-refractivity contribution in [1.29, 1.82) is 0 Å². The monoisotopic (exact) mass is 626 g/mol. The lowest BCUT2D eigenvalue weighted by Crippen LogP contribution is -2.47. The van der Waals surface area contributed by atoms with Gasteiger partial charge in [-0.15, -0.1) is 0 Å². The van der Waals surface area contributed by atoms with Crippen molar-refractivity contribution in [2.24, 2.45) is 23.2 Å². The molecule has 4 bridgehead atoms. The molecule has 4 saturated carbocycles. The zero-order valence-electron chi connectivity index (χ0n) is 26.2. The van der Waals surface area contributed by atoms with E-state index in [0.29, 0.717) is 23.7 Å². The van der Waals surface area contributed by atoms with Crippen LogP contribution < -0.4 is 10.6 Å². The van der Waals surface area contributed by atoms with Crippen molar-refractivity contribution in [2.75, 3.05) is 84.0 Å². The van der Waals surface area contributed by atoms with E-state index in [9.17, 15) is 4.79 Å². The quantitative estimate of drug-likeness (QED) is 0.336. The van der Waals surface area contributed by atoms with E-state index >= 15 is 0 Å². The number of nitrogens with zero attached hydrogens (tertiary/aromatic N) is 4. The van der Waals surface area contributed by atoms with E-state index in [2.05, 4.69) is 37.5 Å². The zero-order chi connectivity index (χ0) is 30.5. The smallest absolute Gasteiger partial charge is 0.224 e. The van der Waals surface area contributed by atoms with Gasteiger partial charge in [0.2, 0.25) is 5.91 Å². The van der Waals surface area contributed by atoms with Gasteiger partial charge in [-0.3, -0.25) is 24.5 Å². The predicted octanol–water partition coefficient (Wildman–Crippen LogP) is 3.43. The minimum Gasteiger partial charge on any atom is -0.395 e. The third kappa shape index (κ3) is 7.92. The van der Waals surface area contributed by atoms with E-state index in [1.165, 1.54) is 38.5 Å². The number of pyridine rings is 1. The van der Waals surface area contributed by atoms with Crippen molar-refractivity contribution in [2.45, 2.75) is 51.5 Å². The highest BCUT2D eigenvalue weighted by atomic mass is 35.5. The van der Waals surface area contributed by atoms with E-state index < -0.39 is 0 Å². The van der Waals surface area contributed by atoms with E-state index in [1.807, 2.05) is 12.1 Å². The zero-order valence-corrected chi connectivity index (χ0v) is 26.9. The molecule has 4 aliphatic carbocycles. The van der Waals surface area contributed by atoms with Gasteiger partial charge < -0.3 is 20.8 Å². The number of anilines is 1. The molecule has 0 atom stereocenters. The minimum atomic E-state index is 0.103. The molecule has 1 aromatic heterocycles. The van der Waals surface area contributed by atoms with Gasteiger partial charge in [-0.2, -0.15) is 0 Å². The van der Waals surface area contributed by atoms with Gasteiger partial charge in [0, 0.05) is 83.8 Å². The number of carbonyl (C=O) groups is 1. The van der Waals surface area contributed by atoms with Gasteiger partial charge in [-0.1, -0.05) is 11.6 Å². The maximum atomic E-state index is 13.3. The first-order chi connectivity index (χ1) is 21.4. The van der Waals surface area contributed by atoms with Crippen LogP contribution in [0.1, 0.15) is 50.6 Å². The Kier molecular flexibility index (Phi) is 10.7. The number of rotatable bonds is 9. The molecule has 6 aliphatic rings. The maximum Gasteiger partial charge on any atom is 0.224 e. The highest BCUT2D eigenvalue weighted by molar-refractivity contribution is 6.35. The van der Waals surface area contributed by atoms with Crippen LogP contribution in [0.5, 0.6) is 0 Å². The van der Waals surface area contributed by atoms with Crippen molar-refractivity contribution in [1.82, 2.24) is 25.0 Å². The number of fused-ring (bicyclic) bond motifs is 1. The minimum absolute atomic E-state index is 0.103. The number of amides is 1. The van der Waals surface area contributed by atoms with E-state index in [1.54, 1.807) is 0 Å². The third-order valence-corrected chi connectivity index (χ3v) is 11.1. The second kappa shape index (κ2) is 14.7. The van der Waals surface area contributed by atoms with Crippen LogP contribution in [0.15, 0.2) is 24.3 Å². The van der Waals surface area contributed by atoms with Gasteiger partial charge in [-0.25, -0.2) is 0 Å². The van der Waals surface area contributed by atoms with Crippen LogP contribution >= 0.6 is 11.6 Å². The summed E-state index contributed by atoms with van der Waals surface area (Å²) in [6, 6.07) is 7.93. The standard InChI is InChI=1S/C28H37ClN4O2.C6H14N2O/c29-24-3-4-25-23(2-1-22(30-25)18-33-7-5-32(6-8-33)9-10-34)27(24)31-26(35)17-28-14-19-11-20(15-28)13-21(12-19)16-28;9-6-5-8-3-1-7-2-4-8/h1-4,19-21,34H,5-18H2,(H,31,35);7,9H,1-6H2. The van der Waals surface area contributed by atoms with Crippen LogP contribution in [-0.4, -0.2) is 114 Å². The van der Waals surface area contributed by atoms with E-state index in [4.69, 9.17) is 26.8 Å². The molecular formula is C34H51ClN6O3. The molecule has 10 heteroatoms. The molecule has 0 radical (unpaired) electrons. The number of hydrogen-bond acceptors (Lipinski definition) is 8. The summed E-state index contributed by atoms with van der Waals surface area (Å²) >= 11 is 6.58. The Labute approximate surface area is 267 Å². The molecule has 0 unspecified atom stereocenters. The second-order valence-corrected chi connectivity index (χ2v) is 14.5. The fourth-order valence-corrected chi connectivity index (χ4v) is 9.30. The van der Waals surface area contributed by atoms with Gasteiger partial charge >= 0.3 is 0 Å². The Hall–Kier alpha value is -1.85. The number of piperazine rings is 2. The highest BCUT2D eigenvalue weighted by Crippen LogP contribution is 2.61. The molecule has 8 rings (SSSR count). The van der Waals surface area contributed by atoms with Crippen LogP contribution in [0, 0.1) is 23.2 Å². The van der Waals surface area contributed by atoms with Crippen LogP contribution in [0.4, 0.5) is 5.69 Å². The molecule has 6 fully saturated rings. The SMILES string of the molecule is O=C(CC12CC3CC(CC(C3)C1)C2)Nc1c(Cl)ccc2nc(CN3CCN(CCO)CC3)ccc12.OCCN1CCNCC1. The fourth-order valence-electron chi connectivity index (χ4n) is 9.08. The topological polar surface area (TPSA) is 104 Å². The Morgan fingerprint density at radius 2 is 1.45 bits per heavy atom. The molecule has 44 heavy (non-hydrogen) atoms. The molecule has 0 spiro atoms. The molecule has 2 aliphatic heterocycles. The fraction of sp³-hybridized carbons (Fsp3) is 0.706. The Morgan fingerprint density at radius 3 is 2.07 bits per heavy atom. The number of β-amino-alcohol motifs (C(OH)–C–C–N with tert-alkyl or cyclic N) is 2. The lowest BCUT2D eigenvalue weighted by molar-refractivity contribution is -0.124. The van der Waals surface area contributed by atoms with Gasteiger partial charge in [0.15, 0.2) is 0 Å². The number of aromatic nitrogens is 1.